The Balaban J connectivity index is 2.75. The quantitative estimate of drug-likeness (QED) is 0.832. The zero-order valence-corrected chi connectivity index (χ0v) is 12.9. The third kappa shape index (κ3) is 4.94. The topological polar surface area (TPSA) is 80.4 Å². The maximum absolute atomic E-state index is 11.6. The second-order valence-electron chi connectivity index (χ2n) is 4.76. The van der Waals surface area contributed by atoms with Gasteiger partial charge in [0, 0.05) is 0 Å². The molecule has 0 saturated carbocycles. The molecule has 1 rings (SSSR count). The molecule has 0 aromatic carbocycles. The molecule has 0 aliphatic carbocycles. The smallest absolute Gasteiger partial charge is 0.412 e. The number of nitrogens with one attached hydrogen (secondary N) is 2. The van der Waals surface area contributed by atoms with Gasteiger partial charge in [0.1, 0.15) is 15.9 Å². The first-order valence-electron chi connectivity index (χ1n) is 5.78. The average molecular weight is 333 g/mol. The van der Waals surface area contributed by atoms with Gasteiger partial charge in [0.05, 0.1) is 12.3 Å². The van der Waals surface area contributed by atoms with E-state index in [-0.39, 0.29) is 12.3 Å². The van der Waals surface area contributed by atoms with Gasteiger partial charge in [0.2, 0.25) is 0 Å². The van der Waals surface area contributed by atoms with Crippen molar-refractivity contribution in [2.45, 2.75) is 33.3 Å². The minimum absolute atomic E-state index is 0.250. The Kier molecular flexibility index (Phi) is 4.99. The molecule has 6 nitrogen and oxygen atoms in total. The third-order valence-corrected chi connectivity index (χ3v) is 2.53. The summed E-state index contributed by atoms with van der Waals surface area (Å²) in [7, 11) is 0. The van der Waals surface area contributed by atoms with E-state index in [0.29, 0.717) is 10.3 Å². The van der Waals surface area contributed by atoms with Crippen molar-refractivity contribution < 1.29 is 19.1 Å². The number of aromatic amines is 1. The molecule has 0 bridgehead atoms. The molecule has 0 fully saturated rings. The fourth-order valence-corrected chi connectivity index (χ4v) is 1.68. The van der Waals surface area contributed by atoms with E-state index in [1.54, 1.807) is 27.7 Å². The van der Waals surface area contributed by atoms with E-state index >= 15 is 0 Å². The van der Waals surface area contributed by atoms with Crippen LogP contribution in [0.15, 0.2) is 10.7 Å². The van der Waals surface area contributed by atoms with Gasteiger partial charge >= 0.3 is 12.1 Å². The maximum atomic E-state index is 11.6. The minimum Gasteiger partial charge on any atom is -0.461 e. The standard InChI is InChI=1S/C12H17BrN2O4/c1-5-18-10(16)8-6-7(9(13)14-8)15-11(17)19-12(2,3)4/h6,14H,5H2,1-4H3,(H,15,17). The molecule has 0 saturated heterocycles. The van der Waals surface area contributed by atoms with E-state index in [0.717, 1.165) is 0 Å². The minimum atomic E-state index is -0.595. The summed E-state index contributed by atoms with van der Waals surface area (Å²) in [5.41, 5.74) is 0.0775. The number of hydrogen-bond donors (Lipinski definition) is 2. The molecule has 0 unspecified atom stereocenters. The van der Waals surface area contributed by atoms with E-state index in [1.165, 1.54) is 6.07 Å². The van der Waals surface area contributed by atoms with Crippen LogP contribution in [0.1, 0.15) is 38.2 Å². The number of esters is 1. The molecule has 0 aliphatic heterocycles. The van der Waals surface area contributed by atoms with Gasteiger partial charge in [-0.2, -0.15) is 0 Å². The molecule has 7 heteroatoms. The Morgan fingerprint density at radius 1 is 1.42 bits per heavy atom. The Morgan fingerprint density at radius 2 is 2.05 bits per heavy atom. The van der Waals surface area contributed by atoms with Crippen LogP contribution < -0.4 is 5.32 Å². The van der Waals surface area contributed by atoms with Crippen LogP contribution in [0.5, 0.6) is 0 Å². The number of amides is 1. The van der Waals surface area contributed by atoms with Gasteiger partial charge in [-0.25, -0.2) is 9.59 Å². The van der Waals surface area contributed by atoms with Gasteiger partial charge in [-0.1, -0.05) is 0 Å². The molecule has 1 heterocycles. The van der Waals surface area contributed by atoms with Crippen molar-refractivity contribution in [2.75, 3.05) is 11.9 Å². The van der Waals surface area contributed by atoms with Gasteiger partial charge < -0.3 is 14.5 Å². The summed E-state index contributed by atoms with van der Waals surface area (Å²) in [6.45, 7) is 7.30. The van der Waals surface area contributed by atoms with Crippen molar-refractivity contribution in [3.8, 4) is 0 Å². The van der Waals surface area contributed by atoms with Crippen molar-refractivity contribution in [3.05, 3.63) is 16.4 Å². The van der Waals surface area contributed by atoms with Crippen LogP contribution in [0.3, 0.4) is 0 Å². The van der Waals surface area contributed by atoms with Crippen LogP contribution >= 0.6 is 15.9 Å². The largest absolute Gasteiger partial charge is 0.461 e. The third-order valence-electron chi connectivity index (χ3n) is 1.90. The summed E-state index contributed by atoms with van der Waals surface area (Å²) in [6.07, 6.45) is -0.595. The summed E-state index contributed by atoms with van der Waals surface area (Å²) in [5.74, 6) is -0.486. The zero-order chi connectivity index (χ0) is 14.6. The number of anilines is 1. The molecule has 0 aliphatic rings. The number of H-pyrrole nitrogens is 1. The lowest BCUT2D eigenvalue weighted by Gasteiger charge is -2.19. The molecule has 2 N–H and O–H groups in total. The molecular weight excluding hydrogens is 316 g/mol. The maximum Gasteiger partial charge on any atom is 0.412 e. The lowest BCUT2D eigenvalue weighted by Crippen LogP contribution is -2.27. The Labute approximate surface area is 120 Å². The molecule has 0 atom stereocenters. The highest BCUT2D eigenvalue weighted by Crippen LogP contribution is 2.24. The lowest BCUT2D eigenvalue weighted by atomic mass is 10.2. The van der Waals surface area contributed by atoms with Crippen molar-refractivity contribution in [2.24, 2.45) is 0 Å². The lowest BCUT2D eigenvalue weighted by molar-refractivity contribution is 0.0519. The van der Waals surface area contributed by atoms with Crippen molar-refractivity contribution in [3.63, 3.8) is 0 Å². The van der Waals surface area contributed by atoms with Crippen molar-refractivity contribution in [1.29, 1.82) is 0 Å². The van der Waals surface area contributed by atoms with Gasteiger partial charge in [-0.05, 0) is 49.7 Å². The number of aromatic nitrogens is 1. The van der Waals surface area contributed by atoms with E-state index in [2.05, 4.69) is 26.2 Å². The predicted molar refractivity (Wildman–Crippen MR) is 74.3 cm³/mol. The normalized spacial score (nSPS) is 11.0. The van der Waals surface area contributed by atoms with E-state index < -0.39 is 17.7 Å². The Hall–Kier alpha value is -1.50. The number of carbonyl (C=O) groups excluding carboxylic acids is 2. The van der Waals surface area contributed by atoms with Crippen LogP contribution in [0, 0.1) is 0 Å². The molecular formula is C12H17BrN2O4. The molecule has 0 radical (unpaired) electrons. The molecule has 106 valence electrons. The van der Waals surface area contributed by atoms with E-state index in [1.807, 2.05) is 0 Å². The number of hydrogen-bond acceptors (Lipinski definition) is 4. The SMILES string of the molecule is CCOC(=O)c1cc(NC(=O)OC(C)(C)C)c(Br)[nH]1. The molecule has 1 aromatic heterocycles. The molecule has 0 spiro atoms. The van der Waals surface area contributed by atoms with Crippen LogP contribution in [0.4, 0.5) is 10.5 Å². The fraction of sp³-hybridized carbons (Fsp3) is 0.500. The average Bonchev–Trinajstić information content (AvgIpc) is 2.58. The number of halogens is 1. The summed E-state index contributed by atoms with van der Waals surface area (Å²) < 4.78 is 10.4. The summed E-state index contributed by atoms with van der Waals surface area (Å²) in [4.78, 5) is 25.9. The number of rotatable bonds is 3. The predicted octanol–water partition coefficient (Wildman–Crippen LogP) is 3.30. The molecule has 1 aromatic rings. The van der Waals surface area contributed by atoms with Crippen molar-refractivity contribution in [1.82, 2.24) is 4.98 Å². The first-order chi connectivity index (χ1) is 8.73. The zero-order valence-electron chi connectivity index (χ0n) is 11.3. The monoisotopic (exact) mass is 332 g/mol. The first kappa shape index (κ1) is 15.6. The number of carbonyl (C=O) groups is 2. The second-order valence-corrected chi connectivity index (χ2v) is 5.55. The highest BCUT2D eigenvalue weighted by atomic mass is 79.9. The Bertz CT molecular complexity index is 477. The molecule has 19 heavy (non-hydrogen) atoms. The molecule has 1 amide bonds. The highest BCUT2D eigenvalue weighted by Gasteiger charge is 2.19. The van der Waals surface area contributed by atoms with Crippen LogP contribution in [-0.4, -0.2) is 29.3 Å². The summed E-state index contributed by atoms with van der Waals surface area (Å²) in [6, 6.07) is 1.48. The van der Waals surface area contributed by atoms with E-state index in [9.17, 15) is 9.59 Å². The Morgan fingerprint density at radius 3 is 2.58 bits per heavy atom. The summed E-state index contributed by atoms with van der Waals surface area (Å²) >= 11 is 3.21. The van der Waals surface area contributed by atoms with Gasteiger partial charge in [0.15, 0.2) is 0 Å². The van der Waals surface area contributed by atoms with Crippen molar-refractivity contribution >= 4 is 33.7 Å². The van der Waals surface area contributed by atoms with Gasteiger partial charge in [-0.15, -0.1) is 0 Å². The van der Waals surface area contributed by atoms with Gasteiger partial charge in [-0.3, -0.25) is 5.32 Å². The highest BCUT2D eigenvalue weighted by molar-refractivity contribution is 9.10. The van der Waals surface area contributed by atoms with Crippen LogP contribution in [-0.2, 0) is 9.47 Å². The van der Waals surface area contributed by atoms with Gasteiger partial charge in [0.25, 0.3) is 0 Å². The second kappa shape index (κ2) is 6.10. The fourth-order valence-electron chi connectivity index (χ4n) is 1.25. The van der Waals surface area contributed by atoms with Crippen LogP contribution in [0.2, 0.25) is 0 Å². The summed E-state index contributed by atoms with van der Waals surface area (Å²) in [5, 5.41) is 2.54. The number of ether oxygens (including phenoxy) is 2. The van der Waals surface area contributed by atoms with E-state index in [4.69, 9.17) is 9.47 Å². The van der Waals surface area contributed by atoms with Crippen LogP contribution in [0.25, 0.3) is 0 Å². The first-order valence-corrected chi connectivity index (χ1v) is 6.58.